The smallest absolute Gasteiger partial charge is 0.306 e. The largest absolute Gasteiger partial charge is 0.502 e. The van der Waals surface area contributed by atoms with Gasteiger partial charge in [0.2, 0.25) is 11.2 Å². The number of hydrogen-bond acceptors (Lipinski definition) is 9. The zero-order chi connectivity index (χ0) is 23.5. The Morgan fingerprint density at radius 1 is 1.24 bits per heavy atom. The van der Waals surface area contributed by atoms with Crippen molar-refractivity contribution in [1.82, 2.24) is 4.90 Å². The first-order chi connectivity index (χ1) is 15.9. The van der Waals surface area contributed by atoms with Crippen LogP contribution in [0.4, 0.5) is 0 Å². The summed E-state index contributed by atoms with van der Waals surface area (Å²) < 4.78 is 21.6. The van der Waals surface area contributed by atoms with E-state index in [0.29, 0.717) is 43.5 Å². The lowest BCUT2D eigenvalue weighted by Crippen LogP contribution is -2.35. The Labute approximate surface area is 193 Å². The second-order valence-electron chi connectivity index (χ2n) is 7.67. The van der Waals surface area contributed by atoms with Crippen LogP contribution in [-0.4, -0.2) is 49.4 Å². The molecule has 1 aliphatic rings. The third kappa shape index (κ3) is 4.95. The van der Waals surface area contributed by atoms with Crippen LogP contribution in [0.1, 0.15) is 29.4 Å². The first-order valence-corrected chi connectivity index (χ1v) is 10.7. The number of carbonyl (C=O) groups excluding carboxylic acids is 1. The highest BCUT2D eigenvalue weighted by atomic mass is 35.5. The lowest BCUT2D eigenvalue weighted by molar-refractivity contribution is -0.140. The van der Waals surface area contributed by atoms with Gasteiger partial charge in [-0.15, -0.1) is 0 Å². The summed E-state index contributed by atoms with van der Waals surface area (Å²) in [6.45, 7) is 2.72. The third-order valence-electron chi connectivity index (χ3n) is 5.53. The summed E-state index contributed by atoms with van der Waals surface area (Å²) >= 11 is 6.04. The standard InChI is InChI=1S/C23H22ClNO8/c1-30-20(27)10-15(17-12-32-19-3-2-13(24)8-16(19)21(17)28)23-22(29)18(26)9-14(33-23)11-25-4-6-31-7-5-25/h2-3,8-9,12,15,29H,4-7,10-11H2,1H3/t15-/m0/s1. The Morgan fingerprint density at radius 2 is 2.00 bits per heavy atom. The van der Waals surface area contributed by atoms with Gasteiger partial charge < -0.3 is 23.4 Å². The molecular formula is C23H22ClNO8. The molecule has 9 nitrogen and oxygen atoms in total. The highest BCUT2D eigenvalue weighted by Crippen LogP contribution is 2.33. The van der Waals surface area contributed by atoms with Gasteiger partial charge in [0.05, 0.1) is 50.9 Å². The quantitative estimate of drug-likeness (QED) is 0.536. The molecule has 33 heavy (non-hydrogen) atoms. The van der Waals surface area contributed by atoms with Crippen molar-refractivity contribution >= 4 is 28.5 Å². The molecule has 1 saturated heterocycles. The predicted molar refractivity (Wildman–Crippen MR) is 119 cm³/mol. The highest BCUT2D eigenvalue weighted by molar-refractivity contribution is 6.31. The van der Waals surface area contributed by atoms with Gasteiger partial charge in [-0.1, -0.05) is 11.6 Å². The molecule has 0 aliphatic carbocycles. The van der Waals surface area contributed by atoms with Gasteiger partial charge in [0.15, 0.2) is 11.2 Å². The van der Waals surface area contributed by atoms with Crippen LogP contribution in [0.2, 0.25) is 5.02 Å². The minimum Gasteiger partial charge on any atom is -0.502 e. The summed E-state index contributed by atoms with van der Waals surface area (Å²) in [5, 5.41) is 11.1. The zero-order valence-corrected chi connectivity index (χ0v) is 18.6. The summed E-state index contributed by atoms with van der Waals surface area (Å²) in [5.41, 5.74) is -0.815. The predicted octanol–water partition coefficient (Wildman–Crippen LogP) is 2.63. The first kappa shape index (κ1) is 23.0. The Morgan fingerprint density at radius 3 is 2.73 bits per heavy atom. The lowest BCUT2D eigenvalue weighted by atomic mass is 9.92. The summed E-state index contributed by atoms with van der Waals surface area (Å²) in [6, 6.07) is 5.79. The van der Waals surface area contributed by atoms with E-state index in [2.05, 4.69) is 0 Å². The molecule has 0 bridgehead atoms. The first-order valence-electron chi connectivity index (χ1n) is 10.3. The van der Waals surface area contributed by atoms with Gasteiger partial charge in [-0.05, 0) is 18.2 Å². The van der Waals surface area contributed by atoms with Crippen LogP contribution in [0, 0.1) is 0 Å². The van der Waals surface area contributed by atoms with Gasteiger partial charge in [-0.25, -0.2) is 0 Å². The number of methoxy groups -OCH3 is 1. The number of rotatable bonds is 6. The van der Waals surface area contributed by atoms with E-state index >= 15 is 0 Å². The van der Waals surface area contributed by atoms with Crippen molar-refractivity contribution in [3.8, 4) is 5.75 Å². The summed E-state index contributed by atoms with van der Waals surface area (Å²) in [6.07, 6.45) is 0.838. The van der Waals surface area contributed by atoms with Crippen molar-refractivity contribution in [2.75, 3.05) is 33.4 Å². The maximum Gasteiger partial charge on any atom is 0.306 e. The average Bonchev–Trinajstić information content (AvgIpc) is 2.81. The molecule has 174 valence electrons. The Bertz CT molecular complexity index is 1290. The molecule has 0 unspecified atom stereocenters. The van der Waals surface area contributed by atoms with Crippen LogP contribution in [0.25, 0.3) is 11.0 Å². The Balaban J connectivity index is 1.83. The fraction of sp³-hybridized carbons (Fsp3) is 0.348. The van der Waals surface area contributed by atoms with E-state index in [9.17, 15) is 19.5 Å². The topological polar surface area (TPSA) is 119 Å². The fourth-order valence-corrected chi connectivity index (χ4v) is 3.97. The van der Waals surface area contributed by atoms with Crippen molar-refractivity contribution in [3.05, 3.63) is 73.1 Å². The molecule has 0 radical (unpaired) electrons. The van der Waals surface area contributed by atoms with Crippen LogP contribution in [-0.2, 0) is 20.8 Å². The summed E-state index contributed by atoms with van der Waals surface area (Å²) in [4.78, 5) is 40.0. The molecular weight excluding hydrogens is 454 g/mol. The monoisotopic (exact) mass is 475 g/mol. The number of ether oxygens (including phenoxy) is 2. The van der Waals surface area contributed by atoms with E-state index < -0.39 is 28.5 Å². The fourth-order valence-electron chi connectivity index (χ4n) is 3.80. The minimum absolute atomic E-state index is 0.0251. The van der Waals surface area contributed by atoms with Crippen LogP contribution >= 0.6 is 11.6 Å². The van der Waals surface area contributed by atoms with Crippen molar-refractivity contribution < 1.29 is 28.2 Å². The normalized spacial score (nSPS) is 15.5. The van der Waals surface area contributed by atoms with E-state index in [-0.39, 0.29) is 28.9 Å². The molecule has 4 rings (SSSR count). The molecule has 0 saturated carbocycles. The second kappa shape index (κ2) is 9.78. The number of carbonyl (C=O) groups is 1. The van der Waals surface area contributed by atoms with Gasteiger partial charge in [0.25, 0.3) is 0 Å². The molecule has 1 N–H and O–H groups in total. The molecule has 1 fully saturated rings. The third-order valence-corrected chi connectivity index (χ3v) is 5.77. The highest BCUT2D eigenvalue weighted by Gasteiger charge is 2.30. The number of aromatic hydroxyl groups is 1. The number of esters is 1. The van der Waals surface area contributed by atoms with Gasteiger partial charge in [0.1, 0.15) is 11.3 Å². The van der Waals surface area contributed by atoms with Crippen LogP contribution in [0.3, 0.4) is 0 Å². The van der Waals surface area contributed by atoms with E-state index in [1.54, 1.807) is 12.1 Å². The van der Waals surface area contributed by atoms with Crippen LogP contribution in [0.15, 0.2) is 49.0 Å². The molecule has 1 aromatic carbocycles. The molecule has 0 spiro atoms. The Kier molecular flexibility index (Phi) is 6.83. The minimum atomic E-state index is -1.12. The van der Waals surface area contributed by atoms with Gasteiger partial charge >= 0.3 is 5.97 Å². The molecule has 0 amide bonds. The van der Waals surface area contributed by atoms with E-state index in [4.69, 9.17) is 29.9 Å². The van der Waals surface area contributed by atoms with E-state index in [0.717, 1.165) is 0 Å². The number of nitrogens with zero attached hydrogens (tertiary/aromatic N) is 1. The lowest BCUT2D eigenvalue weighted by Gasteiger charge is -2.26. The van der Waals surface area contributed by atoms with Gasteiger partial charge in [-0.3, -0.25) is 19.3 Å². The van der Waals surface area contributed by atoms with E-state index in [1.165, 1.54) is 25.5 Å². The number of fused-ring (bicyclic) bond motifs is 1. The van der Waals surface area contributed by atoms with E-state index in [1.807, 2.05) is 4.90 Å². The SMILES string of the molecule is COC(=O)C[C@H](c1oc(CN2CCOCC2)cc(=O)c1O)c1coc2ccc(Cl)cc2c1=O. The molecule has 1 atom stereocenters. The Hall–Kier alpha value is -3.14. The number of hydrogen-bond donors (Lipinski definition) is 1. The molecule has 3 heterocycles. The zero-order valence-electron chi connectivity index (χ0n) is 17.8. The van der Waals surface area contributed by atoms with Crippen molar-refractivity contribution in [1.29, 1.82) is 0 Å². The number of benzene rings is 1. The molecule has 1 aliphatic heterocycles. The van der Waals surface area contributed by atoms with Gasteiger partial charge in [-0.2, -0.15) is 0 Å². The van der Waals surface area contributed by atoms with Crippen molar-refractivity contribution in [2.45, 2.75) is 18.9 Å². The van der Waals surface area contributed by atoms with Crippen LogP contribution in [0.5, 0.6) is 5.75 Å². The molecule has 2 aromatic heterocycles. The summed E-state index contributed by atoms with van der Waals surface area (Å²) in [7, 11) is 1.20. The second-order valence-corrected chi connectivity index (χ2v) is 8.11. The number of morpholine rings is 1. The maximum atomic E-state index is 13.3. The van der Waals surface area contributed by atoms with Gasteiger partial charge in [0, 0.05) is 29.7 Å². The molecule has 3 aromatic rings. The maximum absolute atomic E-state index is 13.3. The number of halogens is 1. The average molecular weight is 476 g/mol. The van der Waals surface area contributed by atoms with Crippen molar-refractivity contribution in [3.63, 3.8) is 0 Å². The molecule has 10 heteroatoms. The van der Waals surface area contributed by atoms with Crippen LogP contribution < -0.4 is 10.9 Å². The van der Waals surface area contributed by atoms with Crippen molar-refractivity contribution in [2.24, 2.45) is 0 Å². The summed E-state index contributed by atoms with van der Waals surface area (Å²) in [5.74, 6) is -2.37.